The number of hydrogen-bond acceptors (Lipinski definition) is 5. The molecule has 0 bridgehead atoms. The van der Waals surface area contributed by atoms with Gasteiger partial charge in [0, 0.05) is 49.6 Å². The standard InChI is InChI=1S/C18H21N7O/c1-23-12-9-19-17(23)14-7-10-25(11-8-14)18(26)15-5-3-13(4-6-15)16-20-22-24(2)21-16/h3-6,9,12,14H,7-8,10-11H2,1-2H3. The molecular weight excluding hydrogens is 330 g/mol. The smallest absolute Gasteiger partial charge is 0.253 e. The van der Waals surface area contributed by atoms with Gasteiger partial charge in [-0.05, 0) is 30.2 Å². The normalized spacial score (nSPS) is 15.4. The van der Waals surface area contributed by atoms with Gasteiger partial charge in [-0.3, -0.25) is 4.79 Å². The van der Waals surface area contributed by atoms with Crippen molar-refractivity contribution in [3.05, 3.63) is 48.0 Å². The number of piperidine rings is 1. The predicted molar refractivity (Wildman–Crippen MR) is 95.3 cm³/mol. The van der Waals surface area contributed by atoms with Crippen LogP contribution in [0.2, 0.25) is 0 Å². The van der Waals surface area contributed by atoms with Gasteiger partial charge < -0.3 is 9.47 Å². The average Bonchev–Trinajstić information content (AvgIpc) is 3.30. The molecule has 1 aromatic carbocycles. The molecule has 0 spiro atoms. The van der Waals surface area contributed by atoms with Gasteiger partial charge in [0.25, 0.3) is 5.91 Å². The lowest BCUT2D eigenvalue weighted by Crippen LogP contribution is -2.38. The van der Waals surface area contributed by atoms with Gasteiger partial charge in [-0.15, -0.1) is 10.2 Å². The van der Waals surface area contributed by atoms with E-state index in [9.17, 15) is 4.79 Å². The van der Waals surface area contributed by atoms with E-state index in [4.69, 9.17) is 0 Å². The van der Waals surface area contributed by atoms with Gasteiger partial charge in [-0.25, -0.2) is 4.98 Å². The zero-order chi connectivity index (χ0) is 18.1. The minimum Gasteiger partial charge on any atom is -0.339 e. The summed E-state index contributed by atoms with van der Waals surface area (Å²) in [5, 5.41) is 12.0. The van der Waals surface area contributed by atoms with Gasteiger partial charge in [0.15, 0.2) is 0 Å². The number of tetrazole rings is 1. The predicted octanol–water partition coefficient (Wildman–Crippen LogP) is 1.63. The summed E-state index contributed by atoms with van der Waals surface area (Å²) >= 11 is 0. The van der Waals surface area contributed by atoms with Crippen LogP contribution in [0.4, 0.5) is 0 Å². The maximum absolute atomic E-state index is 12.8. The molecule has 0 N–H and O–H groups in total. The van der Waals surface area contributed by atoms with Crippen LogP contribution < -0.4 is 0 Å². The number of rotatable bonds is 3. The number of benzene rings is 1. The molecule has 3 aromatic rings. The van der Waals surface area contributed by atoms with Crippen molar-refractivity contribution >= 4 is 5.91 Å². The molecule has 134 valence electrons. The average molecular weight is 351 g/mol. The van der Waals surface area contributed by atoms with E-state index in [1.54, 1.807) is 7.05 Å². The summed E-state index contributed by atoms with van der Waals surface area (Å²) in [6, 6.07) is 7.40. The highest BCUT2D eigenvalue weighted by Crippen LogP contribution is 2.27. The highest BCUT2D eigenvalue weighted by atomic mass is 16.2. The number of carbonyl (C=O) groups excluding carboxylic acids is 1. The third-order valence-electron chi connectivity index (χ3n) is 4.90. The van der Waals surface area contributed by atoms with Crippen LogP contribution in [-0.2, 0) is 14.1 Å². The molecule has 1 amide bonds. The van der Waals surface area contributed by atoms with E-state index in [-0.39, 0.29) is 5.91 Å². The number of likely N-dealkylation sites (tertiary alicyclic amines) is 1. The van der Waals surface area contributed by atoms with Crippen molar-refractivity contribution in [3.8, 4) is 11.4 Å². The summed E-state index contributed by atoms with van der Waals surface area (Å²) in [7, 11) is 3.75. The SMILES string of the molecule is Cn1nnc(-c2ccc(C(=O)N3CCC(c4nccn4C)CC3)cc2)n1. The van der Waals surface area contributed by atoms with Crippen LogP contribution in [0.5, 0.6) is 0 Å². The highest BCUT2D eigenvalue weighted by Gasteiger charge is 2.26. The molecular formula is C18H21N7O. The molecule has 26 heavy (non-hydrogen) atoms. The Morgan fingerprint density at radius 3 is 2.42 bits per heavy atom. The lowest BCUT2D eigenvalue weighted by atomic mass is 9.95. The Bertz CT molecular complexity index is 904. The van der Waals surface area contributed by atoms with Gasteiger partial charge in [0.05, 0.1) is 7.05 Å². The fourth-order valence-corrected chi connectivity index (χ4v) is 3.46. The van der Waals surface area contributed by atoms with E-state index < -0.39 is 0 Å². The van der Waals surface area contributed by atoms with Crippen LogP contribution in [0.3, 0.4) is 0 Å². The van der Waals surface area contributed by atoms with E-state index in [2.05, 4.69) is 25.0 Å². The summed E-state index contributed by atoms with van der Waals surface area (Å²) in [6.45, 7) is 1.51. The van der Waals surface area contributed by atoms with Crippen molar-refractivity contribution in [2.45, 2.75) is 18.8 Å². The fraction of sp³-hybridized carbons (Fsp3) is 0.389. The summed E-state index contributed by atoms with van der Waals surface area (Å²) in [5.74, 6) is 2.16. The van der Waals surface area contributed by atoms with Gasteiger partial charge in [-0.2, -0.15) is 4.80 Å². The van der Waals surface area contributed by atoms with Crippen LogP contribution in [0, 0.1) is 0 Å². The van der Waals surface area contributed by atoms with Crippen LogP contribution in [0.25, 0.3) is 11.4 Å². The Labute approximate surface area is 151 Å². The Morgan fingerprint density at radius 2 is 1.85 bits per heavy atom. The first-order valence-corrected chi connectivity index (χ1v) is 8.73. The lowest BCUT2D eigenvalue weighted by Gasteiger charge is -2.31. The largest absolute Gasteiger partial charge is 0.339 e. The minimum atomic E-state index is 0.0712. The summed E-state index contributed by atoms with van der Waals surface area (Å²) < 4.78 is 2.07. The van der Waals surface area contributed by atoms with Crippen molar-refractivity contribution in [2.24, 2.45) is 14.1 Å². The molecule has 1 saturated heterocycles. The van der Waals surface area contributed by atoms with Crippen molar-refractivity contribution < 1.29 is 4.79 Å². The van der Waals surface area contributed by atoms with E-state index in [1.807, 2.05) is 48.6 Å². The first-order valence-electron chi connectivity index (χ1n) is 8.73. The van der Waals surface area contributed by atoms with Gasteiger partial charge >= 0.3 is 0 Å². The Kier molecular flexibility index (Phi) is 4.24. The number of nitrogens with zero attached hydrogens (tertiary/aromatic N) is 7. The van der Waals surface area contributed by atoms with Gasteiger partial charge in [-0.1, -0.05) is 12.1 Å². The van der Waals surface area contributed by atoms with Crippen molar-refractivity contribution in [1.29, 1.82) is 0 Å². The monoisotopic (exact) mass is 351 g/mol. The third-order valence-corrected chi connectivity index (χ3v) is 4.90. The minimum absolute atomic E-state index is 0.0712. The third kappa shape index (κ3) is 3.10. The maximum Gasteiger partial charge on any atom is 0.253 e. The molecule has 0 saturated carbocycles. The molecule has 3 heterocycles. The fourth-order valence-electron chi connectivity index (χ4n) is 3.46. The summed E-state index contributed by atoms with van der Waals surface area (Å²) in [4.78, 5) is 20.6. The summed E-state index contributed by atoms with van der Waals surface area (Å²) in [5.41, 5.74) is 1.54. The molecule has 1 aliphatic rings. The molecule has 0 aliphatic carbocycles. The lowest BCUT2D eigenvalue weighted by molar-refractivity contribution is 0.0710. The molecule has 0 atom stereocenters. The molecule has 1 aliphatic heterocycles. The van der Waals surface area contributed by atoms with Crippen LogP contribution in [0.15, 0.2) is 36.7 Å². The van der Waals surface area contributed by atoms with Crippen molar-refractivity contribution in [1.82, 2.24) is 34.7 Å². The number of hydrogen-bond donors (Lipinski definition) is 0. The molecule has 8 nitrogen and oxygen atoms in total. The Balaban J connectivity index is 1.41. The van der Waals surface area contributed by atoms with Crippen LogP contribution in [0.1, 0.15) is 34.9 Å². The van der Waals surface area contributed by atoms with E-state index in [1.165, 1.54) is 4.80 Å². The number of imidazole rings is 1. The summed E-state index contributed by atoms with van der Waals surface area (Å²) in [6.07, 6.45) is 5.69. The Hall–Kier alpha value is -3.03. The zero-order valence-corrected chi connectivity index (χ0v) is 14.9. The Morgan fingerprint density at radius 1 is 1.12 bits per heavy atom. The van der Waals surface area contributed by atoms with Crippen molar-refractivity contribution in [2.75, 3.05) is 13.1 Å². The first kappa shape index (κ1) is 16.4. The second-order valence-electron chi connectivity index (χ2n) is 6.64. The topological polar surface area (TPSA) is 81.7 Å². The number of aryl methyl sites for hydroxylation is 2. The molecule has 0 unspecified atom stereocenters. The van der Waals surface area contributed by atoms with E-state index in [0.717, 1.165) is 37.3 Å². The number of amides is 1. The van der Waals surface area contributed by atoms with Gasteiger partial charge in [0.1, 0.15) is 5.82 Å². The highest BCUT2D eigenvalue weighted by molar-refractivity contribution is 5.94. The number of carbonyl (C=O) groups is 1. The molecule has 0 radical (unpaired) electrons. The van der Waals surface area contributed by atoms with Crippen LogP contribution >= 0.6 is 0 Å². The molecule has 1 fully saturated rings. The quantitative estimate of drug-likeness (QED) is 0.716. The maximum atomic E-state index is 12.8. The number of aromatic nitrogens is 6. The molecule has 2 aromatic heterocycles. The second kappa shape index (κ2) is 6.70. The van der Waals surface area contributed by atoms with Gasteiger partial charge in [0.2, 0.25) is 5.82 Å². The first-order chi connectivity index (χ1) is 12.6. The van der Waals surface area contributed by atoms with E-state index >= 15 is 0 Å². The molecule has 4 rings (SSSR count). The molecule has 8 heteroatoms. The second-order valence-corrected chi connectivity index (χ2v) is 6.64. The van der Waals surface area contributed by atoms with E-state index in [0.29, 0.717) is 17.3 Å². The van der Waals surface area contributed by atoms with Crippen molar-refractivity contribution in [3.63, 3.8) is 0 Å². The van der Waals surface area contributed by atoms with Crippen LogP contribution in [-0.4, -0.2) is 53.7 Å². The zero-order valence-electron chi connectivity index (χ0n) is 14.9.